The third kappa shape index (κ3) is 2.46. The van der Waals surface area contributed by atoms with E-state index in [2.05, 4.69) is 0 Å². The predicted molar refractivity (Wildman–Crippen MR) is 43.1 cm³/mol. The van der Waals surface area contributed by atoms with Crippen molar-refractivity contribution in [2.75, 3.05) is 6.61 Å². The standard InChI is InChI=1S/C9H9F3O2/c10-7-3-9(12)8(11)2-5(7)1-6(14)4-13/h2-3,6,13-14H,1,4H2/t6-/m0/s1. The zero-order valence-electron chi connectivity index (χ0n) is 7.17. The zero-order valence-corrected chi connectivity index (χ0v) is 7.17. The van der Waals surface area contributed by atoms with Gasteiger partial charge in [-0.1, -0.05) is 0 Å². The Morgan fingerprint density at radius 3 is 2.21 bits per heavy atom. The van der Waals surface area contributed by atoms with Crippen LogP contribution < -0.4 is 0 Å². The lowest BCUT2D eigenvalue weighted by Gasteiger charge is -2.08. The molecule has 0 unspecified atom stereocenters. The third-order valence-electron chi connectivity index (χ3n) is 1.76. The first-order valence-electron chi connectivity index (χ1n) is 3.97. The largest absolute Gasteiger partial charge is 0.394 e. The van der Waals surface area contributed by atoms with Crippen molar-refractivity contribution in [1.82, 2.24) is 0 Å². The monoisotopic (exact) mass is 206 g/mol. The molecule has 0 aliphatic carbocycles. The zero-order chi connectivity index (χ0) is 10.7. The van der Waals surface area contributed by atoms with Crippen molar-refractivity contribution in [3.05, 3.63) is 35.1 Å². The summed E-state index contributed by atoms with van der Waals surface area (Å²) in [6, 6.07) is 1.08. The third-order valence-corrected chi connectivity index (χ3v) is 1.76. The Labute approximate surface area is 78.6 Å². The lowest BCUT2D eigenvalue weighted by molar-refractivity contribution is 0.0947. The average Bonchev–Trinajstić information content (AvgIpc) is 2.14. The minimum absolute atomic E-state index is 0.162. The fourth-order valence-electron chi connectivity index (χ4n) is 1.04. The van der Waals surface area contributed by atoms with E-state index in [1.807, 2.05) is 0 Å². The summed E-state index contributed by atoms with van der Waals surface area (Å²) >= 11 is 0. The highest BCUT2D eigenvalue weighted by atomic mass is 19.2. The molecule has 1 aromatic carbocycles. The molecule has 1 atom stereocenters. The molecule has 0 saturated heterocycles. The van der Waals surface area contributed by atoms with Crippen molar-refractivity contribution in [3.8, 4) is 0 Å². The highest BCUT2D eigenvalue weighted by molar-refractivity contribution is 5.20. The molecule has 0 radical (unpaired) electrons. The van der Waals surface area contributed by atoms with Gasteiger partial charge in [-0.15, -0.1) is 0 Å². The molecule has 0 spiro atoms. The Hall–Kier alpha value is -1.07. The summed E-state index contributed by atoms with van der Waals surface area (Å²) in [6.07, 6.45) is -1.42. The molecular weight excluding hydrogens is 197 g/mol. The summed E-state index contributed by atoms with van der Waals surface area (Å²) < 4.78 is 38.0. The van der Waals surface area contributed by atoms with E-state index in [4.69, 9.17) is 10.2 Å². The fourth-order valence-corrected chi connectivity index (χ4v) is 1.04. The molecule has 0 fully saturated rings. The van der Waals surface area contributed by atoms with E-state index in [1.54, 1.807) is 0 Å². The Balaban J connectivity index is 2.92. The fraction of sp³-hybridized carbons (Fsp3) is 0.333. The smallest absolute Gasteiger partial charge is 0.161 e. The molecule has 1 aromatic rings. The summed E-state index contributed by atoms with van der Waals surface area (Å²) in [7, 11) is 0. The summed E-state index contributed by atoms with van der Waals surface area (Å²) in [4.78, 5) is 0. The van der Waals surface area contributed by atoms with Crippen molar-refractivity contribution in [2.24, 2.45) is 0 Å². The maximum atomic E-state index is 12.9. The number of halogens is 3. The molecule has 0 aliphatic heterocycles. The van der Waals surface area contributed by atoms with Crippen molar-refractivity contribution in [2.45, 2.75) is 12.5 Å². The molecule has 0 saturated carbocycles. The second-order valence-electron chi connectivity index (χ2n) is 2.90. The normalized spacial score (nSPS) is 12.9. The molecule has 2 nitrogen and oxygen atoms in total. The van der Waals surface area contributed by atoms with Crippen molar-refractivity contribution in [3.63, 3.8) is 0 Å². The van der Waals surface area contributed by atoms with Crippen LogP contribution in [0.3, 0.4) is 0 Å². The van der Waals surface area contributed by atoms with Gasteiger partial charge in [0.1, 0.15) is 5.82 Å². The van der Waals surface area contributed by atoms with E-state index in [-0.39, 0.29) is 12.0 Å². The van der Waals surface area contributed by atoms with E-state index in [1.165, 1.54) is 0 Å². The molecular formula is C9H9F3O2. The summed E-state index contributed by atoms with van der Waals surface area (Å²) in [5.74, 6) is -3.38. The Kier molecular flexibility index (Phi) is 3.49. The maximum absolute atomic E-state index is 12.9. The second-order valence-corrected chi connectivity index (χ2v) is 2.90. The number of benzene rings is 1. The SMILES string of the molecule is OC[C@@H](O)Cc1cc(F)c(F)cc1F. The molecule has 0 bridgehead atoms. The van der Waals surface area contributed by atoms with Gasteiger partial charge in [-0.25, -0.2) is 13.2 Å². The Morgan fingerprint density at radius 2 is 1.64 bits per heavy atom. The van der Waals surface area contributed by atoms with Gasteiger partial charge in [-0.2, -0.15) is 0 Å². The van der Waals surface area contributed by atoms with Gasteiger partial charge in [0.05, 0.1) is 12.7 Å². The van der Waals surface area contributed by atoms with Gasteiger partial charge in [-0.05, 0) is 11.6 Å². The van der Waals surface area contributed by atoms with Gasteiger partial charge in [0, 0.05) is 12.5 Å². The number of hydrogen-bond acceptors (Lipinski definition) is 2. The van der Waals surface area contributed by atoms with E-state index in [9.17, 15) is 13.2 Å². The van der Waals surface area contributed by atoms with E-state index < -0.39 is 30.2 Å². The van der Waals surface area contributed by atoms with Crippen LogP contribution in [-0.2, 0) is 6.42 Å². The highest BCUT2D eigenvalue weighted by Crippen LogP contribution is 2.15. The Morgan fingerprint density at radius 1 is 1.07 bits per heavy atom. The summed E-state index contributed by atoms with van der Waals surface area (Å²) in [5.41, 5.74) is -0.162. The summed E-state index contributed by atoms with van der Waals surface area (Å²) in [5, 5.41) is 17.4. The molecule has 0 heterocycles. The van der Waals surface area contributed by atoms with Crippen molar-refractivity contribution in [1.29, 1.82) is 0 Å². The minimum atomic E-state index is -1.27. The first-order valence-corrected chi connectivity index (χ1v) is 3.97. The van der Waals surface area contributed by atoms with Crippen LogP contribution in [0.25, 0.3) is 0 Å². The number of aliphatic hydroxyl groups is 2. The van der Waals surface area contributed by atoms with Crippen LogP contribution in [0.4, 0.5) is 13.2 Å². The molecule has 14 heavy (non-hydrogen) atoms. The van der Waals surface area contributed by atoms with E-state index >= 15 is 0 Å². The van der Waals surface area contributed by atoms with Crippen molar-refractivity contribution >= 4 is 0 Å². The quantitative estimate of drug-likeness (QED) is 0.724. The first-order chi connectivity index (χ1) is 6.54. The number of hydrogen-bond donors (Lipinski definition) is 2. The van der Waals surface area contributed by atoms with E-state index in [0.29, 0.717) is 12.1 Å². The lowest BCUT2D eigenvalue weighted by Crippen LogP contribution is -2.16. The minimum Gasteiger partial charge on any atom is -0.394 e. The molecule has 0 amide bonds. The van der Waals surface area contributed by atoms with Crippen LogP contribution in [0.15, 0.2) is 12.1 Å². The van der Waals surface area contributed by atoms with Crippen LogP contribution in [0.5, 0.6) is 0 Å². The second kappa shape index (κ2) is 4.43. The number of rotatable bonds is 3. The molecule has 1 rings (SSSR count). The van der Waals surface area contributed by atoms with Gasteiger partial charge in [0.25, 0.3) is 0 Å². The molecule has 2 N–H and O–H groups in total. The van der Waals surface area contributed by atoms with Gasteiger partial charge < -0.3 is 10.2 Å². The predicted octanol–water partition coefficient (Wildman–Crippen LogP) is 1.000. The molecule has 0 aromatic heterocycles. The van der Waals surface area contributed by atoms with Crippen LogP contribution in [0, 0.1) is 17.5 Å². The van der Waals surface area contributed by atoms with Gasteiger partial charge in [-0.3, -0.25) is 0 Å². The van der Waals surface area contributed by atoms with Crippen LogP contribution in [0.2, 0.25) is 0 Å². The van der Waals surface area contributed by atoms with Gasteiger partial charge >= 0.3 is 0 Å². The highest BCUT2D eigenvalue weighted by Gasteiger charge is 2.12. The van der Waals surface area contributed by atoms with Crippen LogP contribution in [-0.4, -0.2) is 22.9 Å². The molecule has 78 valence electrons. The molecule has 0 aliphatic rings. The van der Waals surface area contributed by atoms with Crippen LogP contribution in [0.1, 0.15) is 5.56 Å². The molecule has 5 heteroatoms. The average molecular weight is 206 g/mol. The van der Waals surface area contributed by atoms with Crippen molar-refractivity contribution < 1.29 is 23.4 Å². The lowest BCUT2D eigenvalue weighted by atomic mass is 10.1. The van der Waals surface area contributed by atoms with Gasteiger partial charge in [0.15, 0.2) is 11.6 Å². The summed E-state index contributed by atoms with van der Waals surface area (Å²) in [6.45, 7) is -0.557. The van der Waals surface area contributed by atoms with Gasteiger partial charge in [0.2, 0.25) is 0 Å². The Bertz CT molecular complexity index is 328. The topological polar surface area (TPSA) is 40.5 Å². The first kappa shape index (κ1) is 11.0. The van der Waals surface area contributed by atoms with Crippen LogP contribution >= 0.6 is 0 Å². The maximum Gasteiger partial charge on any atom is 0.161 e. The number of aliphatic hydroxyl groups excluding tert-OH is 2. The van der Waals surface area contributed by atoms with E-state index in [0.717, 1.165) is 0 Å².